The van der Waals surface area contributed by atoms with Crippen LogP contribution in [0, 0.1) is 17.8 Å². The molecule has 4 heterocycles. The number of likely N-dealkylation sites (tertiary alicyclic amines) is 1. The monoisotopic (exact) mass is 575 g/mol. The quantitative estimate of drug-likeness (QED) is 0.180. The van der Waals surface area contributed by atoms with Crippen LogP contribution in [0.2, 0.25) is 0 Å². The number of esters is 1. The Morgan fingerprint density at radius 3 is 2.56 bits per heavy atom. The van der Waals surface area contributed by atoms with Gasteiger partial charge in [-0.3, -0.25) is 19.3 Å². The smallest absolute Gasteiger partial charge is 0.312 e. The van der Waals surface area contributed by atoms with Gasteiger partial charge in [-0.15, -0.1) is 13.2 Å². The lowest BCUT2D eigenvalue weighted by atomic mass is 9.65. The van der Waals surface area contributed by atoms with Gasteiger partial charge in [-0.1, -0.05) is 32.9 Å². The molecule has 230 valence electrons. The van der Waals surface area contributed by atoms with E-state index in [1.54, 1.807) is 22.0 Å². The third kappa shape index (κ3) is 5.85. The van der Waals surface area contributed by atoms with Crippen LogP contribution in [0.1, 0.15) is 52.9 Å². The van der Waals surface area contributed by atoms with Crippen molar-refractivity contribution in [2.24, 2.45) is 17.8 Å². The van der Waals surface area contributed by atoms with Gasteiger partial charge in [-0.2, -0.15) is 0 Å². The van der Waals surface area contributed by atoms with Gasteiger partial charge in [0, 0.05) is 32.7 Å². The molecule has 4 aliphatic rings. The van der Waals surface area contributed by atoms with Crippen LogP contribution < -0.4 is 0 Å². The summed E-state index contributed by atoms with van der Waals surface area (Å²) in [5.74, 6) is -2.44. The number of rotatable bonds is 15. The first-order valence-corrected chi connectivity index (χ1v) is 15.3. The topological polar surface area (TPSA) is 109 Å². The van der Waals surface area contributed by atoms with E-state index in [1.807, 2.05) is 20.8 Å². The Balaban J connectivity index is 1.72. The van der Waals surface area contributed by atoms with Crippen LogP contribution in [0.4, 0.5) is 0 Å². The highest BCUT2D eigenvalue weighted by atomic mass is 16.6. The number of morpholine rings is 1. The van der Waals surface area contributed by atoms with E-state index < -0.39 is 41.1 Å². The van der Waals surface area contributed by atoms with Gasteiger partial charge in [0.1, 0.15) is 17.6 Å². The Hall–Kier alpha value is -2.27. The highest BCUT2D eigenvalue weighted by Gasteiger charge is 2.79. The number of fused-ring (bicyclic) bond motifs is 1. The van der Waals surface area contributed by atoms with E-state index in [2.05, 4.69) is 18.1 Å². The van der Waals surface area contributed by atoms with Crippen molar-refractivity contribution < 1.29 is 33.7 Å². The maximum Gasteiger partial charge on any atom is 0.312 e. The van der Waals surface area contributed by atoms with Crippen LogP contribution in [0.15, 0.2) is 25.3 Å². The van der Waals surface area contributed by atoms with Crippen molar-refractivity contribution in [3.05, 3.63) is 25.3 Å². The zero-order valence-electron chi connectivity index (χ0n) is 25.1. The third-order valence-electron chi connectivity index (χ3n) is 9.47. The van der Waals surface area contributed by atoms with E-state index in [9.17, 15) is 19.5 Å². The summed E-state index contributed by atoms with van der Waals surface area (Å²) in [6, 6.07) is -1.51. The molecule has 2 bridgehead atoms. The maximum absolute atomic E-state index is 14.6. The molecule has 10 nitrogen and oxygen atoms in total. The molecule has 1 N–H and O–H groups in total. The molecule has 2 unspecified atom stereocenters. The van der Waals surface area contributed by atoms with E-state index in [0.29, 0.717) is 65.0 Å². The Bertz CT molecular complexity index is 983. The Morgan fingerprint density at radius 2 is 1.95 bits per heavy atom. The standard InChI is InChI=1S/C31H49N3O7/c1-6-9-17-40-29(38)25-24-27(36)34(23(21-35)20-22(4)5)26(31(24)11-10-30(25,8-3)41-31)28(37)33(12-7-2)14-13-32-15-18-39-19-16-32/h6-7,22-26,35H,1-2,8-21H2,3-5H3/t23-,24+,25+,26?,30-,31?/m1/s1. The minimum Gasteiger partial charge on any atom is -0.465 e. The normalized spacial score (nSPS) is 31.8. The highest BCUT2D eigenvalue weighted by Crippen LogP contribution is 2.65. The number of carbonyl (C=O) groups is 3. The highest BCUT2D eigenvalue weighted by molar-refractivity contribution is 5.98. The zero-order chi connectivity index (χ0) is 29.8. The molecule has 2 amide bonds. The summed E-state index contributed by atoms with van der Waals surface area (Å²) < 4.78 is 18.0. The van der Waals surface area contributed by atoms with E-state index in [-0.39, 0.29) is 30.9 Å². The lowest BCUT2D eigenvalue weighted by Gasteiger charge is -2.40. The van der Waals surface area contributed by atoms with Gasteiger partial charge in [0.25, 0.3) is 0 Å². The minimum atomic E-state index is -1.16. The molecule has 0 aliphatic carbocycles. The van der Waals surface area contributed by atoms with Crippen LogP contribution in [0.25, 0.3) is 0 Å². The largest absolute Gasteiger partial charge is 0.465 e. The molecule has 1 spiro atoms. The van der Waals surface area contributed by atoms with E-state index >= 15 is 0 Å². The van der Waals surface area contributed by atoms with Gasteiger partial charge >= 0.3 is 5.97 Å². The average Bonchev–Trinajstić information content (AvgIpc) is 3.57. The third-order valence-corrected chi connectivity index (χ3v) is 9.47. The Kier molecular flexibility index (Phi) is 10.3. The van der Waals surface area contributed by atoms with Crippen molar-refractivity contribution >= 4 is 17.8 Å². The number of amides is 2. The Labute approximate surface area is 244 Å². The van der Waals surface area contributed by atoms with Crippen molar-refractivity contribution in [2.45, 2.75) is 76.2 Å². The molecular formula is C31H49N3O7. The summed E-state index contributed by atoms with van der Waals surface area (Å²) in [6.07, 6.45) is 6.01. The summed E-state index contributed by atoms with van der Waals surface area (Å²) >= 11 is 0. The summed E-state index contributed by atoms with van der Waals surface area (Å²) in [4.78, 5) is 48.3. The number of hydrogen-bond acceptors (Lipinski definition) is 8. The molecule has 10 heteroatoms. The van der Waals surface area contributed by atoms with E-state index in [0.717, 1.165) is 13.1 Å². The van der Waals surface area contributed by atoms with Gasteiger partial charge in [-0.05, 0) is 38.0 Å². The fourth-order valence-corrected chi connectivity index (χ4v) is 7.55. The fraction of sp³-hybridized carbons (Fsp3) is 0.774. The van der Waals surface area contributed by atoms with E-state index in [1.165, 1.54) is 0 Å². The molecule has 41 heavy (non-hydrogen) atoms. The van der Waals surface area contributed by atoms with Crippen LogP contribution in [-0.2, 0) is 28.6 Å². The molecule has 0 radical (unpaired) electrons. The predicted molar refractivity (Wildman–Crippen MR) is 154 cm³/mol. The Morgan fingerprint density at radius 1 is 1.22 bits per heavy atom. The molecule has 0 saturated carbocycles. The summed E-state index contributed by atoms with van der Waals surface area (Å²) in [5, 5.41) is 10.5. The fourth-order valence-electron chi connectivity index (χ4n) is 7.55. The van der Waals surface area contributed by atoms with Crippen molar-refractivity contribution in [3.63, 3.8) is 0 Å². The second kappa shape index (κ2) is 13.4. The van der Waals surface area contributed by atoms with Crippen LogP contribution in [0.3, 0.4) is 0 Å². The van der Waals surface area contributed by atoms with Crippen molar-refractivity contribution in [3.8, 4) is 0 Å². The SMILES string of the molecule is C=CCCOC(=O)[C@@H]1[C@H]2C(=O)N([C@@H](CO)CC(C)C)C(C(=O)N(CC=C)CCN3CCOCC3)C23CC[C@@]1(CC)O3. The van der Waals surface area contributed by atoms with Crippen molar-refractivity contribution in [1.29, 1.82) is 0 Å². The van der Waals surface area contributed by atoms with Crippen LogP contribution in [-0.4, -0.2) is 120 Å². The van der Waals surface area contributed by atoms with Crippen LogP contribution >= 0.6 is 0 Å². The molecule has 4 saturated heterocycles. The second-order valence-electron chi connectivity index (χ2n) is 12.3. The number of aliphatic hydroxyl groups is 1. The van der Waals surface area contributed by atoms with Gasteiger partial charge in [0.2, 0.25) is 11.8 Å². The zero-order valence-corrected chi connectivity index (χ0v) is 25.1. The molecular weight excluding hydrogens is 526 g/mol. The molecule has 0 aromatic heterocycles. The maximum atomic E-state index is 14.6. The predicted octanol–water partition coefficient (Wildman–Crippen LogP) is 2.01. The molecule has 4 rings (SSSR count). The molecule has 0 aromatic rings. The first-order valence-electron chi connectivity index (χ1n) is 15.3. The van der Waals surface area contributed by atoms with Gasteiger partial charge < -0.3 is 29.1 Å². The van der Waals surface area contributed by atoms with Gasteiger partial charge in [0.05, 0.1) is 44.0 Å². The van der Waals surface area contributed by atoms with E-state index in [4.69, 9.17) is 14.2 Å². The molecule has 0 aromatic carbocycles. The van der Waals surface area contributed by atoms with Gasteiger partial charge in [0.15, 0.2) is 0 Å². The number of carbonyl (C=O) groups excluding carboxylic acids is 3. The van der Waals surface area contributed by atoms with Crippen LogP contribution in [0.5, 0.6) is 0 Å². The molecule has 6 atom stereocenters. The lowest BCUT2D eigenvalue weighted by molar-refractivity contribution is -0.163. The molecule has 4 aliphatic heterocycles. The number of ether oxygens (including phenoxy) is 3. The summed E-state index contributed by atoms with van der Waals surface area (Å²) in [6.45, 7) is 17.9. The van der Waals surface area contributed by atoms with Crippen molar-refractivity contribution in [1.82, 2.24) is 14.7 Å². The summed E-state index contributed by atoms with van der Waals surface area (Å²) in [7, 11) is 0. The number of nitrogens with zero attached hydrogens (tertiary/aromatic N) is 3. The van der Waals surface area contributed by atoms with Crippen molar-refractivity contribution in [2.75, 3.05) is 59.2 Å². The number of hydrogen-bond donors (Lipinski definition) is 1. The average molecular weight is 576 g/mol. The minimum absolute atomic E-state index is 0.179. The first kappa shape index (κ1) is 31.7. The first-order chi connectivity index (χ1) is 19.7. The lowest BCUT2D eigenvalue weighted by Crippen LogP contribution is -2.59. The van der Waals surface area contributed by atoms with Gasteiger partial charge in [-0.25, -0.2) is 0 Å². The second-order valence-corrected chi connectivity index (χ2v) is 12.3. The molecule has 4 fully saturated rings. The number of aliphatic hydroxyl groups excluding tert-OH is 1. The summed E-state index contributed by atoms with van der Waals surface area (Å²) in [5.41, 5.74) is -2.02.